The van der Waals surface area contributed by atoms with Gasteiger partial charge in [-0.3, -0.25) is 0 Å². The van der Waals surface area contributed by atoms with Gasteiger partial charge in [0.05, 0.1) is 0 Å². The fraction of sp³-hybridized carbons (Fsp3) is 0.375. The Hall–Kier alpha value is -0.610. The van der Waals surface area contributed by atoms with Crippen LogP contribution in [0.1, 0.15) is 12.5 Å². The second-order valence-electron chi connectivity index (χ2n) is 2.42. The van der Waals surface area contributed by atoms with Gasteiger partial charge in [-0.15, -0.1) is 0 Å². The van der Waals surface area contributed by atoms with E-state index in [1.807, 2.05) is 19.1 Å². The third kappa shape index (κ3) is 2.46. The molecule has 66 valence electrons. The number of hydrogen-bond donors (Lipinski definition) is 2. The van der Waals surface area contributed by atoms with Gasteiger partial charge >= 0.3 is 0 Å². The number of rotatable bonds is 3. The summed E-state index contributed by atoms with van der Waals surface area (Å²) in [6, 6.07) is 3.87. The van der Waals surface area contributed by atoms with Gasteiger partial charge in [-0.1, -0.05) is 0 Å². The average Bonchev–Trinajstić information content (AvgIpc) is 2.04. The predicted octanol–water partition coefficient (Wildman–Crippen LogP) is 1.73. The van der Waals surface area contributed by atoms with Crippen LogP contribution in [0.15, 0.2) is 16.7 Å². The Kier molecular flexibility index (Phi) is 3.49. The molecule has 0 fully saturated rings. The molecule has 0 aromatic carbocycles. The molecule has 0 radical (unpaired) electrons. The summed E-state index contributed by atoms with van der Waals surface area (Å²) in [7, 11) is 0. The highest BCUT2D eigenvalue weighted by Gasteiger charge is 1.97. The molecule has 3 N–H and O–H groups in total. The number of nitrogens with one attached hydrogen (secondary N) is 1. The number of hydrogen-bond acceptors (Lipinski definition) is 3. The van der Waals surface area contributed by atoms with Crippen molar-refractivity contribution in [3.05, 3.63) is 22.3 Å². The minimum atomic E-state index is 0.541. The lowest BCUT2D eigenvalue weighted by Crippen LogP contribution is -2.02. The molecule has 0 unspecified atom stereocenters. The molecule has 0 spiro atoms. The maximum absolute atomic E-state index is 5.51. The zero-order valence-electron chi connectivity index (χ0n) is 6.97. The van der Waals surface area contributed by atoms with Crippen molar-refractivity contribution in [1.82, 2.24) is 4.98 Å². The number of nitrogens with zero attached hydrogens (tertiary/aromatic N) is 1. The average molecular weight is 230 g/mol. The molecule has 12 heavy (non-hydrogen) atoms. The summed E-state index contributed by atoms with van der Waals surface area (Å²) in [4.78, 5) is 4.22. The molecule has 0 aliphatic carbocycles. The van der Waals surface area contributed by atoms with Crippen molar-refractivity contribution >= 4 is 21.7 Å². The van der Waals surface area contributed by atoms with E-state index in [0.717, 1.165) is 22.5 Å². The van der Waals surface area contributed by atoms with Crippen LogP contribution in [0.5, 0.6) is 0 Å². The SMILES string of the molecule is CCNc1cc(CN)cc(Br)n1. The first kappa shape index (κ1) is 9.48. The van der Waals surface area contributed by atoms with Crippen LogP contribution >= 0.6 is 15.9 Å². The van der Waals surface area contributed by atoms with Crippen LogP contribution in [0.2, 0.25) is 0 Å². The van der Waals surface area contributed by atoms with Crippen LogP contribution in [0.4, 0.5) is 5.82 Å². The lowest BCUT2D eigenvalue weighted by Gasteiger charge is -2.04. The monoisotopic (exact) mass is 229 g/mol. The van der Waals surface area contributed by atoms with E-state index in [9.17, 15) is 0 Å². The molecule has 0 bridgehead atoms. The molecule has 0 aliphatic rings. The normalized spacial score (nSPS) is 9.92. The molecule has 0 amide bonds. The number of pyridine rings is 1. The highest BCUT2D eigenvalue weighted by atomic mass is 79.9. The van der Waals surface area contributed by atoms with E-state index in [-0.39, 0.29) is 0 Å². The lowest BCUT2D eigenvalue weighted by molar-refractivity contribution is 1.04. The summed E-state index contributed by atoms with van der Waals surface area (Å²) in [6.45, 7) is 3.44. The molecule has 0 saturated carbocycles. The van der Waals surface area contributed by atoms with E-state index >= 15 is 0 Å². The number of nitrogens with two attached hydrogens (primary N) is 1. The van der Waals surface area contributed by atoms with Crippen molar-refractivity contribution in [2.75, 3.05) is 11.9 Å². The fourth-order valence-corrected chi connectivity index (χ4v) is 1.42. The Bertz CT molecular complexity index is 262. The number of halogens is 1. The van der Waals surface area contributed by atoms with E-state index in [2.05, 4.69) is 26.2 Å². The van der Waals surface area contributed by atoms with Crippen LogP contribution in [0.25, 0.3) is 0 Å². The van der Waals surface area contributed by atoms with E-state index in [1.165, 1.54) is 0 Å². The van der Waals surface area contributed by atoms with Crippen molar-refractivity contribution in [1.29, 1.82) is 0 Å². The molecule has 0 atom stereocenters. The second kappa shape index (κ2) is 4.42. The maximum Gasteiger partial charge on any atom is 0.127 e. The molecule has 1 rings (SSSR count). The lowest BCUT2D eigenvalue weighted by atomic mass is 10.2. The van der Waals surface area contributed by atoms with Gasteiger partial charge in [0.25, 0.3) is 0 Å². The first-order valence-corrected chi connectivity index (χ1v) is 4.66. The van der Waals surface area contributed by atoms with Gasteiger partial charge in [0.2, 0.25) is 0 Å². The van der Waals surface area contributed by atoms with Crippen molar-refractivity contribution in [2.24, 2.45) is 5.73 Å². The van der Waals surface area contributed by atoms with Crippen molar-refractivity contribution in [2.45, 2.75) is 13.5 Å². The fourth-order valence-electron chi connectivity index (χ4n) is 0.939. The van der Waals surface area contributed by atoms with Gasteiger partial charge in [0.15, 0.2) is 0 Å². The second-order valence-corrected chi connectivity index (χ2v) is 3.23. The maximum atomic E-state index is 5.51. The smallest absolute Gasteiger partial charge is 0.127 e. The summed E-state index contributed by atoms with van der Waals surface area (Å²) >= 11 is 3.32. The minimum Gasteiger partial charge on any atom is -0.370 e. The van der Waals surface area contributed by atoms with Crippen molar-refractivity contribution in [3.63, 3.8) is 0 Å². The van der Waals surface area contributed by atoms with Crippen molar-refractivity contribution in [3.8, 4) is 0 Å². The van der Waals surface area contributed by atoms with Gasteiger partial charge in [-0.25, -0.2) is 4.98 Å². The summed E-state index contributed by atoms with van der Waals surface area (Å²) in [5.41, 5.74) is 6.58. The summed E-state index contributed by atoms with van der Waals surface area (Å²) in [6.07, 6.45) is 0. The Balaban J connectivity index is 2.90. The highest BCUT2D eigenvalue weighted by molar-refractivity contribution is 9.10. The van der Waals surface area contributed by atoms with E-state index in [1.54, 1.807) is 0 Å². The topological polar surface area (TPSA) is 50.9 Å². The third-order valence-electron chi connectivity index (χ3n) is 1.45. The minimum absolute atomic E-state index is 0.541. The molecule has 1 aromatic heterocycles. The van der Waals surface area contributed by atoms with Crippen LogP contribution in [-0.4, -0.2) is 11.5 Å². The largest absolute Gasteiger partial charge is 0.370 e. The van der Waals surface area contributed by atoms with Crippen LogP contribution in [0, 0.1) is 0 Å². The Morgan fingerprint density at radius 2 is 2.33 bits per heavy atom. The first-order chi connectivity index (χ1) is 5.76. The summed E-state index contributed by atoms with van der Waals surface area (Å²) < 4.78 is 0.821. The number of anilines is 1. The predicted molar refractivity (Wildman–Crippen MR) is 54.0 cm³/mol. The first-order valence-electron chi connectivity index (χ1n) is 3.86. The van der Waals surface area contributed by atoms with Crippen LogP contribution in [-0.2, 0) is 6.54 Å². The molecule has 4 heteroatoms. The molecule has 0 aliphatic heterocycles. The van der Waals surface area contributed by atoms with Gasteiger partial charge in [-0.05, 0) is 40.5 Å². The Labute approximate surface area is 80.5 Å². The van der Waals surface area contributed by atoms with Crippen LogP contribution < -0.4 is 11.1 Å². The molecule has 0 saturated heterocycles. The van der Waals surface area contributed by atoms with Crippen LogP contribution in [0.3, 0.4) is 0 Å². The standard InChI is InChI=1S/C8H12BrN3/c1-2-11-8-4-6(5-10)3-7(9)12-8/h3-4H,2,5,10H2,1H3,(H,11,12). The van der Waals surface area contributed by atoms with E-state index in [0.29, 0.717) is 6.54 Å². The molecular weight excluding hydrogens is 218 g/mol. The molecule has 1 aromatic rings. The summed E-state index contributed by atoms with van der Waals surface area (Å²) in [5, 5.41) is 3.13. The highest BCUT2D eigenvalue weighted by Crippen LogP contribution is 2.14. The van der Waals surface area contributed by atoms with Gasteiger partial charge in [0, 0.05) is 13.1 Å². The van der Waals surface area contributed by atoms with E-state index in [4.69, 9.17) is 5.73 Å². The summed E-state index contributed by atoms with van der Waals surface area (Å²) in [5.74, 6) is 0.868. The van der Waals surface area contributed by atoms with Gasteiger partial charge in [-0.2, -0.15) is 0 Å². The zero-order valence-corrected chi connectivity index (χ0v) is 8.56. The Morgan fingerprint density at radius 1 is 1.58 bits per heavy atom. The molecule has 1 heterocycles. The Morgan fingerprint density at radius 3 is 2.92 bits per heavy atom. The van der Waals surface area contributed by atoms with Gasteiger partial charge in [0.1, 0.15) is 10.4 Å². The van der Waals surface area contributed by atoms with Gasteiger partial charge < -0.3 is 11.1 Å². The third-order valence-corrected chi connectivity index (χ3v) is 1.85. The molecule has 3 nitrogen and oxygen atoms in total. The van der Waals surface area contributed by atoms with E-state index < -0.39 is 0 Å². The zero-order chi connectivity index (χ0) is 8.97. The number of aromatic nitrogens is 1. The van der Waals surface area contributed by atoms with Crippen molar-refractivity contribution < 1.29 is 0 Å². The molecular formula is C8H12BrN3. The quantitative estimate of drug-likeness (QED) is 0.777.